The minimum atomic E-state index is -1.18. The number of aliphatic carboxylic acids is 1. The van der Waals surface area contributed by atoms with E-state index in [0.717, 1.165) is 4.90 Å². The minimum Gasteiger partial charge on any atom is -0.480 e. The quantitative estimate of drug-likeness (QED) is 0.780. The average molecular weight is 284 g/mol. The monoisotopic (exact) mass is 283 g/mol. The largest absolute Gasteiger partial charge is 0.480 e. The van der Waals surface area contributed by atoms with E-state index in [-0.39, 0.29) is 18.8 Å². The summed E-state index contributed by atoms with van der Waals surface area (Å²) in [7, 11) is 0. The van der Waals surface area contributed by atoms with E-state index in [2.05, 4.69) is 10.3 Å². The highest BCUT2D eigenvalue weighted by Crippen LogP contribution is 2.13. The Labute approximate surface area is 113 Å². The van der Waals surface area contributed by atoms with Gasteiger partial charge in [-0.15, -0.1) is 0 Å². The van der Waals surface area contributed by atoms with Gasteiger partial charge in [-0.3, -0.25) is 14.6 Å². The second kappa shape index (κ2) is 5.23. The van der Waals surface area contributed by atoms with Gasteiger partial charge in [0.1, 0.15) is 18.3 Å². The van der Waals surface area contributed by atoms with E-state index in [9.17, 15) is 14.4 Å². The number of hydrogen-bond acceptors (Lipinski definition) is 4. The molecule has 2 heterocycles. The van der Waals surface area contributed by atoms with Gasteiger partial charge < -0.3 is 15.3 Å². The molecule has 8 heteroatoms. The number of aromatic nitrogens is 1. The molecule has 1 atom stereocenters. The average Bonchev–Trinajstić information content (AvgIpc) is 2.37. The second-order valence-electron chi connectivity index (χ2n) is 3.95. The van der Waals surface area contributed by atoms with Crippen LogP contribution in [0, 0.1) is 0 Å². The smallest absolute Gasteiger partial charge is 0.328 e. The maximum atomic E-state index is 12.2. The van der Waals surface area contributed by atoms with Crippen molar-refractivity contribution >= 4 is 29.4 Å². The Morgan fingerprint density at radius 3 is 2.89 bits per heavy atom. The zero-order valence-corrected chi connectivity index (χ0v) is 10.4. The molecule has 0 aliphatic carbocycles. The van der Waals surface area contributed by atoms with Crippen molar-refractivity contribution in [1.82, 2.24) is 15.2 Å². The molecule has 1 fully saturated rings. The van der Waals surface area contributed by atoms with Gasteiger partial charge in [-0.25, -0.2) is 4.79 Å². The summed E-state index contributed by atoms with van der Waals surface area (Å²) in [5.74, 6) is -2.23. The maximum Gasteiger partial charge on any atom is 0.328 e. The number of carbonyl (C=O) groups is 3. The Morgan fingerprint density at radius 1 is 1.53 bits per heavy atom. The number of carbonyl (C=O) groups excluding carboxylic acids is 2. The van der Waals surface area contributed by atoms with E-state index in [1.54, 1.807) is 0 Å². The highest BCUT2D eigenvalue weighted by Gasteiger charge is 2.36. The van der Waals surface area contributed by atoms with Crippen molar-refractivity contribution in [3.63, 3.8) is 0 Å². The second-order valence-corrected chi connectivity index (χ2v) is 4.39. The molecule has 2 N–H and O–H groups in total. The highest BCUT2D eigenvalue weighted by atomic mass is 35.5. The normalized spacial score (nSPS) is 18.9. The molecule has 100 valence electrons. The number of halogens is 1. The third-order valence-electron chi connectivity index (χ3n) is 2.67. The molecule has 1 saturated heterocycles. The molecule has 19 heavy (non-hydrogen) atoms. The van der Waals surface area contributed by atoms with Crippen molar-refractivity contribution in [2.75, 3.05) is 13.1 Å². The third-order valence-corrected chi connectivity index (χ3v) is 2.90. The summed E-state index contributed by atoms with van der Waals surface area (Å²) in [5.41, 5.74) is 0.00782. The van der Waals surface area contributed by atoms with Crippen LogP contribution in [0.2, 0.25) is 5.02 Å². The topological polar surface area (TPSA) is 99.6 Å². The van der Waals surface area contributed by atoms with Crippen molar-refractivity contribution in [1.29, 1.82) is 0 Å². The van der Waals surface area contributed by atoms with Crippen LogP contribution in [0.25, 0.3) is 0 Å². The first kappa shape index (κ1) is 13.3. The van der Waals surface area contributed by atoms with Crippen LogP contribution in [-0.2, 0) is 9.59 Å². The Kier molecular flexibility index (Phi) is 3.66. The van der Waals surface area contributed by atoms with E-state index in [4.69, 9.17) is 16.7 Å². The van der Waals surface area contributed by atoms with Crippen molar-refractivity contribution in [3.05, 3.63) is 29.0 Å². The molecule has 2 amide bonds. The number of piperazine rings is 1. The van der Waals surface area contributed by atoms with Crippen LogP contribution in [0.15, 0.2) is 18.3 Å². The lowest BCUT2D eigenvalue weighted by atomic mass is 10.1. The van der Waals surface area contributed by atoms with Gasteiger partial charge in [0.2, 0.25) is 5.91 Å². The van der Waals surface area contributed by atoms with Crippen molar-refractivity contribution in [3.8, 4) is 0 Å². The lowest BCUT2D eigenvalue weighted by Crippen LogP contribution is -2.59. The number of carboxylic acid groups (broad SMARTS) is 1. The zero-order valence-electron chi connectivity index (χ0n) is 9.67. The molecule has 2 rings (SSSR count). The van der Waals surface area contributed by atoms with E-state index >= 15 is 0 Å². The van der Waals surface area contributed by atoms with Gasteiger partial charge >= 0.3 is 5.97 Å². The Balaban J connectivity index is 2.28. The van der Waals surface area contributed by atoms with Crippen LogP contribution in [0.1, 0.15) is 10.5 Å². The zero-order chi connectivity index (χ0) is 14.0. The summed E-state index contributed by atoms with van der Waals surface area (Å²) in [4.78, 5) is 39.4. The SMILES string of the molecule is O=C1CN(C(=O)c2cc(Cl)ccn2)C(C(=O)O)CN1. The first-order chi connectivity index (χ1) is 8.99. The van der Waals surface area contributed by atoms with Gasteiger partial charge in [0.05, 0.1) is 0 Å². The number of amides is 2. The minimum absolute atomic E-state index is 0.00782. The van der Waals surface area contributed by atoms with Crippen molar-refractivity contribution < 1.29 is 19.5 Å². The number of hydrogen-bond donors (Lipinski definition) is 2. The van der Waals surface area contributed by atoms with Crippen molar-refractivity contribution in [2.24, 2.45) is 0 Å². The van der Waals surface area contributed by atoms with Crippen LogP contribution < -0.4 is 5.32 Å². The molecule has 1 aliphatic rings. The molecule has 0 spiro atoms. The Bertz CT molecular complexity index is 548. The maximum absolute atomic E-state index is 12.2. The molecular weight excluding hydrogens is 274 g/mol. The molecule has 1 aliphatic heterocycles. The summed E-state index contributed by atoms with van der Waals surface area (Å²) in [6.45, 7) is -0.440. The Hall–Kier alpha value is -2.15. The number of rotatable bonds is 2. The summed E-state index contributed by atoms with van der Waals surface area (Å²) in [5, 5.41) is 11.8. The van der Waals surface area contributed by atoms with Crippen LogP contribution >= 0.6 is 11.6 Å². The van der Waals surface area contributed by atoms with Gasteiger partial charge in [0, 0.05) is 17.8 Å². The van der Waals surface area contributed by atoms with Crippen molar-refractivity contribution in [2.45, 2.75) is 6.04 Å². The molecule has 7 nitrogen and oxygen atoms in total. The molecule has 0 saturated carbocycles. The Morgan fingerprint density at radius 2 is 2.26 bits per heavy atom. The number of pyridine rings is 1. The van der Waals surface area contributed by atoms with Gasteiger partial charge in [-0.05, 0) is 12.1 Å². The lowest BCUT2D eigenvalue weighted by Gasteiger charge is -2.32. The molecule has 1 aromatic heterocycles. The molecule has 0 bridgehead atoms. The van der Waals surface area contributed by atoms with Crippen LogP contribution in [0.3, 0.4) is 0 Å². The first-order valence-corrected chi connectivity index (χ1v) is 5.79. The third kappa shape index (κ3) is 2.82. The number of nitrogens with one attached hydrogen (secondary N) is 1. The molecular formula is C11H10ClN3O4. The highest BCUT2D eigenvalue weighted by molar-refractivity contribution is 6.30. The standard InChI is InChI=1S/C11H10ClN3O4/c12-6-1-2-13-7(3-6)10(17)15-5-9(16)14-4-8(15)11(18)19/h1-3,8H,4-5H2,(H,14,16)(H,18,19). The van der Waals surface area contributed by atoms with Gasteiger partial charge in [-0.1, -0.05) is 11.6 Å². The van der Waals surface area contributed by atoms with Crippen LogP contribution in [0.4, 0.5) is 0 Å². The molecule has 1 unspecified atom stereocenters. The summed E-state index contributed by atoms with van der Waals surface area (Å²) >= 11 is 5.75. The first-order valence-electron chi connectivity index (χ1n) is 5.41. The predicted molar refractivity (Wildman–Crippen MR) is 64.7 cm³/mol. The summed E-state index contributed by atoms with van der Waals surface area (Å²) in [6, 6.07) is 1.72. The van der Waals surface area contributed by atoms with E-state index < -0.39 is 23.8 Å². The number of carboxylic acids is 1. The lowest BCUT2D eigenvalue weighted by molar-refractivity contribution is -0.144. The van der Waals surface area contributed by atoms with Crippen LogP contribution in [-0.4, -0.2) is 51.9 Å². The molecule has 0 aromatic carbocycles. The van der Waals surface area contributed by atoms with Gasteiger partial charge in [0.25, 0.3) is 5.91 Å². The van der Waals surface area contributed by atoms with Gasteiger partial charge in [-0.2, -0.15) is 0 Å². The summed E-state index contributed by atoms with van der Waals surface area (Å²) < 4.78 is 0. The predicted octanol–water partition coefficient (Wildman–Crippen LogP) is -0.240. The molecule has 0 radical (unpaired) electrons. The van der Waals surface area contributed by atoms with E-state index in [1.807, 2.05) is 0 Å². The van der Waals surface area contributed by atoms with Gasteiger partial charge in [0.15, 0.2) is 0 Å². The fraction of sp³-hybridized carbons (Fsp3) is 0.273. The summed E-state index contributed by atoms with van der Waals surface area (Å²) in [6.07, 6.45) is 1.34. The van der Waals surface area contributed by atoms with E-state index in [0.29, 0.717) is 5.02 Å². The van der Waals surface area contributed by atoms with Crippen LogP contribution in [0.5, 0.6) is 0 Å². The fourth-order valence-electron chi connectivity index (χ4n) is 1.74. The fourth-order valence-corrected chi connectivity index (χ4v) is 1.90. The number of nitrogens with zero attached hydrogens (tertiary/aromatic N) is 2. The molecule has 1 aromatic rings. The van der Waals surface area contributed by atoms with E-state index in [1.165, 1.54) is 18.3 Å².